The molecule has 26 heavy (non-hydrogen) atoms. The quantitative estimate of drug-likeness (QED) is 0.756. The number of hydrogen-bond acceptors (Lipinski definition) is 4. The smallest absolute Gasteiger partial charge is 0.243 e. The van der Waals surface area contributed by atoms with Crippen molar-refractivity contribution in [1.29, 1.82) is 0 Å². The predicted octanol–water partition coefficient (Wildman–Crippen LogP) is 1.27. The van der Waals surface area contributed by atoms with Gasteiger partial charge in [-0.15, -0.1) is 0 Å². The number of benzene rings is 1. The maximum atomic E-state index is 12.9. The molecule has 0 aromatic heterocycles. The van der Waals surface area contributed by atoms with E-state index in [1.807, 2.05) is 0 Å². The summed E-state index contributed by atoms with van der Waals surface area (Å²) < 4.78 is 27.3. The van der Waals surface area contributed by atoms with E-state index in [9.17, 15) is 18.0 Å². The summed E-state index contributed by atoms with van der Waals surface area (Å²) in [4.78, 5) is 22.9. The number of carbonyl (C=O) groups excluding carboxylic acids is 2. The van der Waals surface area contributed by atoms with E-state index in [0.29, 0.717) is 51.0 Å². The summed E-state index contributed by atoms with van der Waals surface area (Å²) in [6.45, 7) is 4.82. The van der Waals surface area contributed by atoms with Crippen LogP contribution in [0.5, 0.6) is 0 Å². The molecular weight excluding hydrogens is 354 g/mol. The van der Waals surface area contributed by atoms with Gasteiger partial charge in [-0.05, 0) is 55.0 Å². The summed E-state index contributed by atoms with van der Waals surface area (Å²) in [6.07, 6.45) is 3.57. The Morgan fingerprint density at radius 2 is 2.04 bits per heavy atom. The van der Waals surface area contributed by atoms with Crippen LogP contribution in [0.3, 0.4) is 0 Å². The second kappa shape index (κ2) is 7.59. The van der Waals surface area contributed by atoms with Gasteiger partial charge >= 0.3 is 0 Å². The molecule has 1 saturated heterocycles. The molecule has 0 spiro atoms. The third kappa shape index (κ3) is 3.96. The molecular formula is C18H23N3O4S. The van der Waals surface area contributed by atoms with E-state index in [-0.39, 0.29) is 22.6 Å². The topological polar surface area (TPSA) is 95.6 Å². The van der Waals surface area contributed by atoms with E-state index in [1.54, 1.807) is 18.2 Å². The predicted molar refractivity (Wildman–Crippen MR) is 98.1 cm³/mol. The van der Waals surface area contributed by atoms with Gasteiger partial charge in [-0.25, -0.2) is 8.42 Å². The first kappa shape index (κ1) is 18.6. The first-order chi connectivity index (χ1) is 12.4. The molecule has 7 nitrogen and oxygen atoms in total. The zero-order chi connectivity index (χ0) is 18.7. The Hall–Kier alpha value is -2.19. The Morgan fingerprint density at radius 1 is 1.31 bits per heavy atom. The van der Waals surface area contributed by atoms with Crippen molar-refractivity contribution in [3.8, 4) is 0 Å². The highest BCUT2D eigenvalue weighted by molar-refractivity contribution is 7.89. The van der Waals surface area contributed by atoms with E-state index < -0.39 is 10.0 Å². The minimum Gasteiger partial charge on any atom is -0.352 e. The summed E-state index contributed by atoms with van der Waals surface area (Å²) in [5.74, 6) is 0.0176. The van der Waals surface area contributed by atoms with Gasteiger partial charge < -0.3 is 10.6 Å². The van der Waals surface area contributed by atoms with Gasteiger partial charge in [0.15, 0.2) is 0 Å². The van der Waals surface area contributed by atoms with Crippen molar-refractivity contribution in [3.63, 3.8) is 0 Å². The lowest BCUT2D eigenvalue weighted by atomic mass is 9.98. The van der Waals surface area contributed by atoms with E-state index in [2.05, 4.69) is 17.2 Å². The lowest BCUT2D eigenvalue weighted by Crippen LogP contribution is -2.41. The Labute approximate surface area is 153 Å². The largest absolute Gasteiger partial charge is 0.352 e. The van der Waals surface area contributed by atoms with Crippen molar-refractivity contribution in [3.05, 3.63) is 36.4 Å². The summed E-state index contributed by atoms with van der Waals surface area (Å²) in [6, 6.07) is 4.88. The summed E-state index contributed by atoms with van der Waals surface area (Å²) in [5.41, 5.74) is 1.55. The monoisotopic (exact) mass is 377 g/mol. The molecule has 1 aromatic carbocycles. The number of carbonyl (C=O) groups is 2. The number of nitrogens with zero attached hydrogens (tertiary/aromatic N) is 1. The number of fused-ring (bicyclic) bond motifs is 1. The SMILES string of the molecule is C=CC(=O)NCC1CCN(S(=O)(=O)c2ccc3c(c2)CCC(=O)N3)CC1. The Bertz CT molecular complexity index is 827. The van der Waals surface area contributed by atoms with Crippen LogP contribution in [0.2, 0.25) is 0 Å². The van der Waals surface area contributed by atoms with Crippen molar-refractivity contribution in [2.24, 2.45) is 5.92 Å². The molecule has 0 unspecified atom stereocenters. The van der Waals surface area contributed by atoms with Gasteiger partial charge in [0.2, 0.25) is 21.8 Å². The molecule has 3 rings (SSSR count). The van der Waals surface area contributed by atoms with Gasteiger partial charge in [0.25, 0.3) is 0 Å². The van der Waals surface area contributed by atoms with Crippen molar-refractivity contribution in [2.45, 2.75) is 30.6 Å². The number of sulfonamides is 1. The fourth-order valence-electron chi connectivity index (χ4n) is 3.34. The van der Waals surface area contributed by atoms with E-state index in [1.165, 1.54) is 10.4 Å². The number of rotatable bonds is 5. The standard InChI is InChI=1S/C18H23N3O4S/c1-2-17(22)19-12-13-7-9-21(10-8-13)26(24,25)15-4-5-16-14(11-15)3-6-18(23)20-16/h2,4-5,11,13H,1,3,6-10,12H2,(H,19,22)(H,20,23). The molecule has 8 heteroatoms. The Kier molecular flexibility index (Phi) is 5.43. The molecule has 140 valence electrons. The normalized spacial score (nSPS) is 18.7. The molecule has 0 atom stereocenters. The van der Waals surface area contributed by atoms with Gasteiger partial charge in [-0.3, -0.25) is 9.59 Å². The van der Waals surface area contributed by atoms with Gasteiger partial charge in [-0.1, -0.05) is 6.58 Å². The van der Waals surface area contributed by atoms with Crippen LogP contribution in [0.1, 0.15) is 24.8 Å². The fraction of sp³-hybridized carbons (Fsp3) is 0.444. The van der Waals surface area contributed by atoms with Crippen molar-refractivity contribution >= 4 is 27.5 Å². The number of amides is 2. The molecule has 2 aliphatic rings. The molecule has 0 radical (unpaired) electrons. The van der Waals surface area contributed by atoms with Gasteiger partial charge in [-0.2, -0.15) is 4.31 Å². The summed E-state index contributed by atoms with van der Waals surface area (Å²) >= 11 is 0. The highest BCUT2D eigenvalue weighted by Crippen LogP contribution is 2.29. The third-order valence-corrected chi connectivity index (χ3v) is 6.83. The zero-order valence-corrected chi connectivity index (χ0v) is 15.3. The highest BCUT2D eigenvalue weighted by Gasteiger charge is 2.30. The maximum absolute atomic E-state index is 12.9. The molecule has 2 N–H and O–H groups in total. The van der Waals surface area contributed by atoms with Crippen LogP contribution in [-0.4, -0.2) is 44.2 Å². The van der Waals surface area contributed by atoms with Crippen LogP contribution in [0, 0.1) is 5.92 Å². The number of anilines is 1. The average molecular weight is 377 g/mol. The molecule has 2 heterocycles. The molecule has 2 aliphatic heterocycles. The fourth-order valence-corrected chi connectivity index (χ4v) is 4.86. The first-order valence-corrected chi connectivity index (χ1v) is 10.2. The van der Waals surface area contributed by atoms with Crippen molar-refractivity contribution < 1.29 is 18.0 Å². The maximum Gasteiger partial charge on any atom is 0.243 e. The molecule has 2 amide bonds. The van der Waals surface area contributed by atoms with Crippen LogP contribution in [0.15, 0.2) is 35.7 Å². The van der Waals surface area contributed by atoms with E-state index in [4.69, 9.17) is 0 Å². The van der Waals surface area contributed by atoms with Crippen LogP contribution >= 0.6 is 0 Å². The summed E-state index contributed by atoms with van der Waals surface area (Å²) in [7, 11) is -3.55. The first-order valence-electron chi connectivity index (χ1n) is 8.73. The number of nitrogens with one attached hydrogen (secondary N) is 2. The molecule has 0 bridgehead atoms. The lowest BCUT2D eigenvalue weighted by Gasteiger charge is -2.31. The second-order valence-corrected chi connectivity index (χ2v) is 8.60. The number of piperidine rings is 1. The molecule has 0 saturated carbocycles. The lowest BCUT2D eigenvalue weighted by molar-refractivity contribution is -0.117. The minimum absolute atomic E-state index is 0.0428. The van der Waals surface area contributed by atoms with Crippen molar-refractivity contribution in [2.75, 3.05) is 25.0 Å². The highest BCUT2D eigenvalue weighted by atomic mass is 32.2. The minimum atomic E-state index is -3.55. The van der Waals surface area contributed by atoms with Crippen LogP contribution in [0.4, 0.5) is 5.69 Å². The van der Waals surface area contributed by atoms with Crippen LogP contribution < -0.4 is 10.6 Å². The zero-order valence-electron chi connectivity index (χ0n) is 14.5. The second-order valence-electron chi connectivity index (χ2n) is 6.66. The molecule has 0 aliphatic carbocycles. The number of hydrogen-bond donors (Lipinski definition) is 2. The molecule has 1 aromatic rings. The van der Waals surface area contributed by atoms with Crippen molar-refractivity contribution in [1.82, 2.24) is 9.62 Å². The van der Waals surface area contributed by atoms with E-state index >= 15 is 0 Å². The van der Waals surface area contributed by atoms with Gasteiger partial charge in [0.1, 0.15) is 0 Å². The Balaban J connectivity index is 1.65. The Morgan fingerprint density at radius 3 is 2.73 bits per heavy atom. The van der Waals surface area contributed by atoms with E-state index in [0.717, 1.165) is 5.56 Å². The van der Waals surface area contributed by atoms with Crippen LogP contribution in [0.25, 0.3) is 0 Å². The average Bonchev–Trinajstić information content (AvgIpc) is 2.65. The van der Waals surface area contributed by atoms with Gasteiger partial charge in [0, 0.05) is 31.7 Å². The third-order valence-electron chi connectivity index (χ3n) is 4.93. The van der Waals surface area contributed by atoms with Crippen LogP contribution in [-0.2, 0) is 26.0 Å². The molecule has 1 fully saturated rings. The summed E-state index contributed by atoms with van der Waals surface area (Å²) in [5, 5.41) is 5.53. The number of aryl methyl sites for hydroxylation is 1. The van der Waals surface area contributed by atoms with Gasteiger partial charge in [0.05, 0.1) is 4.90 Å².